The third kappa shape index (κ3) is 4.63. The zero-order chi connectivity index (χ0) is 12.9. The number of carbonyl (C=O) groups is 3. The summed E-state index contributed by atoms with van der Waals surface area (Å²) in [6.07, 6.45) is -0.646. The van der Waals surface area contributed by atoms with E-state index in [1.807, 2.05) is 0 Å². The number of carbonyl (C=O) groups excluding carboxylic acids is 1. The lowest BCUT2D eigenvalue weighted by atomic mass is 10.2. The molecule has 92 valence electrons. The highest BCUT2D eigenvalue weighted by Crippen LogP contribution is 1.98. The van der Waals surface area contributed by atoms with Gasteiger partial charge in [0.15, 0.2) is 0 Å². The molecular formula is C9H16N2O5. The average Bonchev–Trinajstić information content (AvgIpc) is 2.14. The van der Waals surface area contributed by atoms with Gasteiger partial charge in [-0.1, -0.05) is 0 Å². The van der Waals surface area contributed by atoms with E-state index in [1.54, 1.807) is 13.8 Å². The van der Waals surface area contributed by atoms with Crippen LogP contribution in [0.1, 0.15) is 20.3 Å². The second-order valence-corrected chi connectivity index (χ2v) is 3.64. The van der Waals surface area contributed by atoms with Crippen molar-refractivity contribution in [1.82, 2.24) is 10.2 Å². The Morgan fingerprint density at radius 1 is 1.25 bits per heavy atom. The molecule has 0 saturated heterocycles. The summed E-state index contributed by atoms with van der Waals surface area (Å²) in [4.78, 5) is 33.8. The molecule has 0 rings (SSSR count). The van der Waals surface area contributed by atoms with Gasteiger partial charge in [-0.3, -0.25) is 4.79 Å². The molecule has 0 aromatic rings. The van der Waals surface area contributed by atoms with E-state index in [0.29, 0.717) is 0 Å². The molecule has 0 fully saturated rings. The second kappa shape index (κ2) is 5.94. The predicted molar refractivity (Wildman–Crippen MR) is 55.1 cm³/mol. The molecule has 0 heterocycles. The van der Waals surface area contributed by atoms with E-state index in [1.165, 1.54) is 11.9 Å². The molecule has 0 saturated carbocycles. The first-order chi connectivity index (χ1) is 7.25. The van der Waals surface area contributed by atoms with Crippen molar-refractivity contribution in [2.45, 2.75) is 32.4 Å². The third-order valence-corrected chi connectivity index (χ3v) is 2.07. The van der Waals surface area contributed by atoms with Crippen molar-refractivity contribution >= 4 is 18.0 Å². The number of amides is 2. The van der Waals surface area contributed by atoms with E-state index in [2.05, 4.69) is 5.32 Å². The van der Waals surface area contributed by atoms with Gasteiger partial charge in [0, 0.05) is 13.1 Å². The number of nitrogens with zero attached hydrogens (tertiary/aromatic N) is 1. The molecular weight excluding hydrogens is 216 g/mol. The van der Waals surface area contributed by atoms with Gasteiger partial charge >= 0.3 is 18.0 Å². The van der Waals surface area contributed by atoms with Gasteiger partial charge in [0.2, 0.25) is 0 Å². The zero-order valence-electron chi connectivity index (χ0n) is 9.43. The fourth-order valence-corrected chi connectivity index (χ4v) is 0.860. The van der Waals surface area contributed by atoms with Gasteiger partial charge in [0.05, 0.1) is 6.42 Å². The Kier molecular flexibility index (Phi) is 5.27. The maximum atomic E-state index is 11.4. The molecule has 7 nitrogen and oxygen atoms in total. The van der Waals surface area contributed by atoms with E-state index in [4.69, 9.17) is 10.2 Å². The van der Waals surface area contributed by atoms with Crippen LogP contribution in [0, 0.1) is 0 Å². The first-order valence-electron chi connectivity index (χ1n) is 4.73. The van der Waals surface area contributed by atoms with Crippen molar-refractivity contribution in [3.05, 3.63) is 0 Å². The lowest BCUT2D eigenvalue weighted by molar-refractivity contribution is -0.145. The SMILES string of the molecule is CC(C)N(C)C(=O)N[C@H](CC(=O)O)C(=O)O. The predicted octanol–water partition coefficient (Wildman–Crippen LogP) is -0.0359. The summed E-state index contributed by atoms with van der Waals surface area (Å²) >= 11 is 0. The van der Waals surface area contributed by atoms with Crippen LogP contribution in [0.25, 0.3) is 0 Å². The molecule has 0 bridgehead atoms. The Morgan fingerprint density at radius 3 is 2.06 bits per heavy atom. The van der Waals surface area contributed by atoms with E-state index >= 15 is 0 Å². The molecule has 7 heteroatoms. The van der Waals surface area contributed by atoms with Crippen LogP contribution in [0.2, 0.25) is 0 Å². The summed E-state index contributed by atoms with van der Waals surface area (Å²) in [6.45, 7) is 3.51. The van der Waals surface area contributed by atoms with Gasteiger partial charge in [0.25, 0.3) is 0 Å². The molecule has 0 unspecified atom stereocenters. The van der Waals surface area contributed by atoms with E-state index in [-0.39, 0.29) is 6.04 Å². The van der Waals surface area contributed by atoms with Gasteiger partial charge in [-0.25, -0.2) is 9.59 Å². The lowest BCUT2D eigenvalue weighted by Gasteiger charge is -2.23. The Bertz CT molecular complexity index is 290. The summed E-state index contributed by atoms with van der Waals surface area (Å²) in [7, 11) is 1.50. The van der Waals surface area contributed by atoms with Crippen LogP contribution < -0.4 is 5.32 Å². The molecule has 16 heavy (non-hydrogen) atoms. The maximum absolute atomic E-state index is 11.4. The molecule has 0 aliphatic rings. The van der Waals surface area contributed by atoms with Crippen molar-refractivity contribution in [3.8, 4) is 0 Å². The van der Waals surface area contributed by atoms with Crippen molar-refractivity contribution in [2.75, 3.05) is 7.05 Å². The number of carboxylic acid groups (broad SMARTS) is 2. The van der Waals surface area contributed by atoms with Crippen molar-refractivity contribution in [1.29, 1.82) is 0 Å². The molecule has 0 aliphatic carbocycles. The smallest absolute Gasteiger partial charge is 0.326 e. The number of hydrogen-bond donors (Lipinski definition) is 3. The van der Waals surface area contributed by atoms with Crippen molar-refractivity contribution < 1.29 is 24.6 Å². The van der Waals surface area contributed by atoms with Crippen molar-refractivity contribution in [2.24, 2.45) is 0 Å². The highest BCUT2D eigenvalue weighted by Gasteiger charge is 2.24. The lowest BCUT2D eigenvalue weighted by Crippen LogP contribution is -2.49. The fourth-order valence-electron chi connectivity index (χ4n) is 0.860. The van der Waals surface area contributed by atoms with E-state index in [0.717, 1.165) is 0 Å². The minimum absolute atomic E-state index is 0.0979. The van der Waals surface area contributed by atoms with Gasteiger partial charge < -0.3 is 20.4 Å². The number of aliphatic carboxylic acids is 2. The first-order valence-corrected chi connectivity index (χ1v) is 4.73. The second-order valence-electron chi connectivity index (χ2n) is 3.64. The number of nitrogens with one attached hydrogen (secondary N) is 1. The van der Waals surface area contributed by atoms with Crippen LogP contribution in [0.3, 0.4) is 0 Å². The standard InChI is InChI=1S/C9H16N2O5/c1-5(2)11(3)9(16)10-6(8(14)15)4-7(12)13/h5-6H,4H2,1-3H3,(H,10,16)(H,12,13)(H,14,15)/t6-/m1/s1. The monoisotopic (exact) mass is 232 g/mol. The first kappa shape index (κ1) is 14.2. The molecule has 0 spiro atoms. The summed E-state index contributed by atoms with van der Waals surface area (Å²) < 4.78 is 0. The quantitative estimate of drug-likeness (QED) is 0.616. The average molecular weight is 232 g/mol. The van der Waals surface area contributed by atoms with Crippen LogP contribution in [0.5, 0.6) is 0 Å². The molecule has 1 atom stereocenters. The molecule has 0 radical (unpaired) electrons. The van der Waals surface area contributed by atoms with Crippen molar-refractivity contribution in [3.63, 3.8) is 0 Å². The molecule has 0 aliphatic heterocycles. The largest absolute Gasteiger partial charge is 0.481 e. The molecule has 3 N–H and O–H groups in total. The third-order valence-electron chi connectivity index (χ3n) is 2.07. The number of hydrogen-bond acceptors (Lipinski definition) is 3. The van der Waals surface area contributed by atoms with Crippen LogP contribution in [-0.2, 0) is 9.59 Å². The van der Waals surface area contributed by atoms with Crippen LogP contribution >= 0.6 is 0 Å². The summed E-state index contributed by atoms with van der Waals surface area (Å²) in [5, 5.41) is 19.3. The molecule has 2 amide bonds. The van der Waals surface area contributed by atoms with E-state index in [9.17, 15) is 14.4 Å². The van der Waals surface area contributed by atoms with Crippen LogP contribution in [0.15, 0.2) is 0 Å². The maximum Gasteiger partial charge on any atom is 0.326 e. The van der Waals surface area contributed by atoms with Gasteiger partial charge in [-0.15, -0.1) is 0 Å². The van der Waals surface area contributed by atoms with Crippen LogP contribution in [0.4, 0.5) is 4.79 Å². The molecule has 0 aromatic carbocycles. The van der Waals surface area contributed by atoms with Gasteiger partial charge in [-0.05, 0) is 13.8 Å². The van der Waals surface area contributed by atoms with Gasteiger partial charge in [0.1, 0.15) is 6.04 Å². The highest BCUT2D eigenvalue weighted by atomic mass is 16.4. The number of urea groups is 1. The van der Waals surface area contributed by atoms with E-state index < -0.39 is 30.4 Å². The molecule has 0 aromatic heterocycles. The minimum Gasteiger partial charge on any atom is -0.481 e. The summed E-state index contributed by atoms with van der Waals surface area (Å²) in [6, 6.07) is -2.12. The number of carboxylic acids is 2. The number of rotatable bonds is 5. The highest BCUT2D eigenvalue weighted by molar-refractivity contribution is 5.86. The Balaban J connectivity index is 4.46. The Morgan fingerprint density at radius 2 is 1.75 bits per heavy atom. The van der Waals surface area contributed by atoms with Crippen LogP contribution in [-0.4, -0.2) is 52.2 Å². The summed E-state index contributed by atoms with van der Waals surface area (Å²) in [5.41, 5.74) is 0. The van der Waals surface area contributed by atoms with Gasteiger partial charge in [-0.2, -0.15) is 0 Å². The summed E-state index contributed by atoms with van der Waals surface area (Å²) in [5.74, 6) is -2.65. The minimum atomic E-state index is -1.41. The normalized spacial score (nSPS) is 12.0. The topological polar surface area (TPSA) is 107 Å². The fraction of sp³-hybridized carbons (Fsp3) is 0.667. The Labute approximate surface area is 93.0 Å². The zero-order valence-corrected chi connectivity index (χ0v) is 9.43. The Hall–Kier alpha value is -1.79.